The summed E-state index contributed by atoms with van der Waals surface area (Å²) in [7, 11) is 0.00886. The minimum absolute atomic E-state index is 0.0764. The maximum Gasteiger partial charge on any atom is 0.342 e. The molecule has 0 aliphatic rings. The lowest BCUT2D eigenvalue weighted by atomic mass is 10.6. The van der Waals surface area contributed by atoms with Crippen LogP contribution in [0.15, 0.2) is 0 Å². The Morgan fingerprint density at radius 3 is 2.25 bits per heavy atom. The monoisotopic (exact) mass is 212 g/mol. The molecule has 0 aromatic carbocycles. The zero-order valence-corrected chi connectivity index (χ0v) is 9.78. The Morgan fingerprint density at radius 1 is 1.42 bits per heavy atom. The summed E-state index contributed by atoms with van der Waals surface area (Å²) in [6.07, 6.45) is 1.07. The molecule has 0 aliphatic carbocycles. The lowest BCUT2D eigenvalue weighted by Gasteiger charge is -2.19. The average molecular weight is 212 g/mol. The van der Waals surface area contributed by atoms with Crippen LogP contribution in [0.25, 0.3) is 0 Å². The van der Waals surface area contributed by atoms with Crippen molar-refractivity contribution in [3.05, 3.63) is 0 Å². The highest BCUT2D eigenvalue weighted by molar-refractivity contribution is 8.05. The third-order valence-corrected chi connectivity index (χ3v) is 5.77. The average Bonchev–Trinajstić information content (AvgIpc) is 2.12. The molecule has 0 rings (SSSR count). The number of thioether (sulfide) groups is 1. The second-order valence-electron chi connectivity index (χ2n) is 2.38. The quantitative estimate of drug-likeness (QED) is 0.634. The van der Waals surface area contributed by atoms with Gasteiger partial charge in [-0.1, -0.05) is 6.92 Å². The van der Waals surface area contributed by atoms with E-state index in [2.05, 4.69) is 6.92 Å². The van der Waals surface area contributed by atoms with Crippen LogP contribution in [0.3, 0.4) is 0 Å². The normalized spacial score (nSPS) is 14.7. The predicted molar refractivity (Wildman–Crippen MR) is 53.8 cm³/mol. The van der Waals surface area contributed by atoms with E-state index in [0.29, 0.717) is 0 Å². The largest absolute Gasteiger partial charge is 0.342 e. The van der Waals surface area contributed by atoms with Crippen molar-refractivity contribution in [1.82, 2.24) is 0 Å². The maximum absolute atomic E-state index is 11.7. The molecule has 0 amide bonds. The lowest BCUT2D eigenvalue weighted by molar-refractivity contribution is 0.275. The van der Waals surface area contributed by atoms with Gasteiger partial charge in [-0.15, -0.1) is 11.8 Å². The van der Waals surface area contributed by atoms with Crippen molar-refractivity contribution < 1.29 is 13.6 Å². The molecular formula is C7H17O3PS. The Bertz CT molecular complexity index is 155. The maximum atomic E-state index is 11.7. The summed E-state index contributed by atoms with van der Waals surface area (Å²) in [6.45, 7) is 3.96. The molecule has 0 N–H and O–H groups in total. The third-order valence-electron chi connectivity index (χ3n) is 1.52. The van der Waals surface area contributed by atoms with Crippen molar-refractivity contribution in [2.75, 3.05) is 20.0 Å². The molecular weight excluding hydrogens is 195 g/mol. The van der Waals surface area contributed by atoms with Crippen LogP contribution in [-0.2, 0) is 13.6 Å². The molecule has 12 heavy (non-hydrogen) atoms. The Hall–Kier alpha value is 0.500. The molecule has 0 heterocycles. The summed E-state index contributed by atoms with van der Waals surface area (Å²) >= 11 is 1.62. The Balaban J connectivity index is 4.03. The van der Waals surface area contributed by atoms with Gasteiger partial charge in [-0.05, 0) is 19.1 Å². The summed E-state index contributed by atoms with van der Waals surface area (Å²) < 4.78 is 21.4. The minimum atomic E-state index is -2.84. The van der Waals surface area contributed by atoms with Gasteiger partial charge in [0.2, 0.25) is 0 Å². The van der Waals surface area contributed by atoms with Crippen LogP contribution in [0.2, 0.25) is 0 Å². The molecule has 1 unspecified atom stereocenters. The zero-order valence-electron chi connectivity index (χ0n) is 8.07. The third kappa shape index (κ3) is 3.48. The molecule has 0 saturated carbocycles. The minimum Gasteiger partial charge on any atom is -0.311 e. The van der Waals surface area contributed by atoms with E-state index in [4.69, 9.17) is 9.05 Å². The first kappa shape index (κ1) is 12.5. The van der Waals surface area contributed by atoms with Gasteiger partial charge < -0.3 is 9.05 Å². The van der Waals surface area contributed by atoms with E-state index in [-0.39, 0.29) is 4.99 Å². The van der Waals surface area contributed by atoms with E-state index in [1.54, 1.807) is 11.8 Å². The van der Waals surface area contributed by atoms with Crippen LogP contribution in [0, 0.1) is 0 Å². The SMILES string of the molecule is CCCSC(C)P(=O)(OC)OC. The van der Waals surface area contributed by atoms with Crippen molar-refractivity contribution in [1.29, 1.82) is 0 Å². The zero-order chi connectivity index (χ0) is 9.61. The molecule has 0 bridgehead atoms. The molecule has 0 aliphatic heterocycles. The molecule has 0 fully saturated rings. The van der Waals surface area contributed by atoms with Crippen LogP contribution in [0.4, 0.5) is 0 Å². The number of rotatable bonds is 6. The lowest BCUT2D eigenvalue weighted by Crippen LogP contribution is -2.03. The van der Waals surface area contributed by atoms with Gasteiger partial charge in [-0.2, -0.15) is 0 Å². The fourth-order valence-electron chi connectivity index (χ4n) is 0.751. The van der Waals surface area contributed by atoms with Crippen molar-refractivity contribution in [3.63, 3.8) is 0 Å². The standard InChI is InChI=1S/C7H17O3PS/c1-5-6-12-7(2)11(8,9-3)10-4/h7H,5-6H2,1-4H3. The summed E-state index contributed by atoms with van der Waals surface area (Å²) in [5.41, 5.74) is 0. The number of hydrogen-bond donors (Lipinski definition) is 0. The molecule has 0 saturated heterocycles. The van der Waals surface area contributed by atoms with Gasteiger partial charge in [0.25, 0.3) is 0 Å². The van der Waals surface area contributed by atoms with Gasteiger partial charge in [0, 0.05) is 14.2 Å². The van der Waals surface area contributed by atoms with Gasteiger partial charge >= 0.3 is 7.60 Å². The van der Waals surface area contributed by atoms with E-state index < -0.39 is 7.60 Å². The second-order valence-corrected chi connectivity index (χ2v) is 6.76. The number of hydrogen-bond acceptors (Lipinski definition) is 4. The topological polar surface area (TPSA) is 35.5 Å². The molecule has 1 atom stereocenters. The fourth-order valence-corrected chi connectivity index (χ4v) is 3.63. The van der Waals surface area contributed by atoms with Gasteiger partial charge in [-0.25, -0.2) is 0 Å². The molecule has 5 heteroatoms. The highest BCUT2D eigenvalue weighted by atomic mass is 32.2. The molecule has 74 valence electrons. The molecule has 3 nitrogen and oxygen atoms in total. The first-order valence-corrected chi connectivity index (χ1v) is 6.59. The predicted octanol–water partition coefficient (Wildman–Crippen LogP) is 2.96. The summed E-state index contributed by atoms with van der Waals surface area (Å²) in [5.74, 6) is 0.984. The molecule has 0 aromatic rings. The summed E-state index contributed by atoms with van der Waals surface area (Å²) in [5, 5.41) is 0. The van der Waals surface area contributed by atoms with Crippen molar-refractivity contribution >= 4 is 19.4 Å². The van der Waals surface area contributed by atoms with Crippen LogP contribution in [0.5, 0.6) is 0 Å². The van der Waals surface area contributed by atoms with Crippen LogP contribution >= 0.6 is 19.4 Å². The molecule has 0 radical (unpaired) electrons. The Kier molecular flexibility index (Phi) is 6.28. The first-order chi connectivity index (χ1) is 5.60. The summed E-state index contributed by atoms with van der Waals surface area (Å²) in [6, 6.07) is 0. The van der Waals surface area contributed by atoms with Crippen LogP contribution in [-0.4, -0.2) is 25.0 Å². The van der Waals surface area contributed by atoms with Gasteiger partial charge in [0.05, 0.1) is 0 Å². The second kappa shape index (κ2) is 6.03. The molecule has 0 spiro atoms. The Labute approximate surface area is 78.7 Å². The van der Waals surface area contributed by atoms with Crippen molar-refractivity contribution in [2.45, 2.75) is 25.3 Å². The van der Waals surface area contributed by atoms with E-state index in [1.165, 1.54) is 14.2 Å². The smallest absolute Gasteiger partial charge is 0.311 e. The van der Waals surface area contributed by atoms with Gasteiger partial charge in [0.15, 0.2) is 0 Å². The molecule has 0 aromatic heterocycles. The highest BCUT2D eigenvalue weighted by Gasteiger charge is 2.29. The van der Waals surface area contributed by atoms with E-state index in [1.807, 2.05) is 6.92 Å². The first-order valence-electron chi connectivity index (χ1n) is 3.93. The van der Waals surface area contributed by atoms with E-state index in [0.717, 1.165) is 12.2 Å². The summed E-state index contributed by atoms with van der Waals surface area (Å²) in [4.78, 5) is -0.0764. The van der Waals surface area contributed by atoms with E-state index in [9.17, 15) is 4.57 Å². The van der Waals surface area contributed by atoms with Crippen molar-refractivity contribution in [3.8, 4) is 0 Å². The van der Waals surface area contributed by atoms with E-state index >= 15 is 0 Å². The van der Waals surface area contributed by atoms with Crippen LogP contribution < -0.4 is 0 Å². The fraction of sp³-hybridized carbons (Fsp3) is 1.00. The Morgan fingerprint density at radius 2 is 1.92 bits per heavy atom. The van der Waals surface area contributed by atoms with Gasteiger partial charge in [-0.3, -0.25) is 4.57 Å². The van der Waals surface area contributed by atoms with Gasteiger partial charge in [0.1, 0.15) is 4.99 Å². The van der Waals surface area contributed by atoms with Crippen LogP contribution in [0.1, 0.15) is 20.3 Å². The van der Waals surface area contributed by atoms with Crippen molar-refractivity contribution in [2.24, 2.45) is 0 Å². The highest BCUT2D eigenvalue weighted by Crippen LogP contribution is 2.55.